The normalized spacial score (nSPS) is 12.6. The fraction of sp³-hybridized carbons (Fsp3) is 0.217. The van der Waals surface area contributed by atoms with Crippen molar-refractivity contribution in [3.63, 3.8) is 0 Å². The average molecular weight is 392 g/mol. The summed E-state index contributed by atoms with van der Waals surface area (Å²) in [5.74, 6) is 0.945. The van der Waals surface area contributed by atoms with Gasteiger partial charge in [-0.25, -0.2) is 0 Å². The smallest absolute Gasteiger partial charge is 0.223 e. The molecule has 0 fully saturated rings. The second-order valence-electron chi connectivity index (χ2n) is 6.66. The lowest BCUT2D eigenvalue weighted by atomic mass is 10.0. The molecule has 1 aromatic heterocycles. The van der Waals surface area contributed by atoms with Gasteiger partial charge in [-0.1, -0.05) is 42.5 Å². The summed E-state index contributed by atoms with van der Waals surface area (Å²) in [4.78, 5) is 24.6. The minimum absolute atomic E-state index is 0.0932. The zero-order valence-corrected chi connectivity index (χ0v) is 16.4. The minimum Gasteiger partial charge on any atom is -0.497 e. The van der Waals surface area contributed by atoms with Crippen LogP contribution in [0.4, 0.5) is 0 Å². The van der Waals surface area contributed by atoms with Crippen molar-refractivity contribution in [1.82, 2.24) is 10.6 Å². The molecule has 150 valence electrons. The van der Waals surface area contributed by atoms with Gasteiger partial charge in [-0.2, -0.15) is 0 Å². The van der Waals surface area contributed by atoms with Crippen molar-refractivity contribution in [2.75, 3.05) is 7.11 Å². The molecule has 29 heavy (non-hydrogen) atoms. The topological polar surface area (TPSA) is 80.6 Å². The van der Waals surface area contributed by atoms with Crippen LogP contribution in [-0.2, 0) is 9.59 Å². The van der Waals surface area contributed by atoms with Crippen molar-refractivity contribution >= 4 is 11.8 Å². The third-order valence-corrected chi connectivity index (χ3v) is 4.55. The van der Waals surface area contributed by atoms with E-state index in [-0.39, 0.29) is 18.2 Å². The zero-order chi connectivity index (χ0) is 20.6. The Morgan fingerprint density at radius 1 is 0.931 bits per heavy atom. The first-order valence-corrected chi connectivity index (χ1v) is 9.35. The van der Waals surface area contributed by atoms with Crippen LogP contribution in [0.25, 0.3) is 0 Å². The van der Waals surface area contributed by atoms with Crippen LogP contribution in [0.1, 0.15) is 42.3 Å². The van der Waals surface area contributed by atoms with Gasteiger partial charge in [0, 0.05) is 6.92 Å². The van der Waals surface area contributed by atoms with Crippen molar-refractivity contribution in [1.29, 1.82) is 0 Å². The maximum atomic E-state index is 12.9. The van der Waals surface area contributed by atoms with Crippen LogP contribution in [-0.4, -0.2) is 18.9 Å². The van der Waals surface area contributed by atoms with E-state index >= 15 is 0 Å². The molecular weight excluding hydrogens is 368 g/mol. The summed E-state index contributed by atoms with van der Waals surface area (Å²) in [6.07, 6.45) is 1.67. The van der Waals surface area contributed by atoms with Gasteiger partial charge in [0.2, 0.25) is 11.8 Å². The molecule has 3 aromatic rings. The molecule has 2 aromatic carbocycles. The minimum atomic E-state index is -0.452. The summed E-state index contributed by atoms with van der Waals surface area (Å²) in [7, 11) is 1.59. The van der Waals surface area contributed by atoms with Crippen molar-refractivity contribution in [3.05, 3.63) is 89.9 Å². The van der Waals surface area contributed by atoms with Crippen molar-refractivity contribution in [3.8, 4) is 5.75 Å². The van der Waals surface area contributed by atoms with E-state index < -0.39 is 12.1 Å². The van der Waals surface area contributed by atoms with E-state index in [0.717, 1.165) is 11.1 Å². The number of hydrogen-bond acceptors (Lipinski definition) is 4. The Morgan fingerprint density at radius 2 is 1.66 bits per heavy atom. The van der Waals surface area contributed by atoms with Gasteiger partial charge in [0.25, 0.3) is 0 Å². The number of methoxy groups -OCH3 is 1. The van der Waals surface area contributed by atoms with Gasteiger partial charge in [0.1, 0.15) is 17.6 Å². The monoisotopic (exact) mass is 392 g/mol. The Bertz CT molecular complexity index is 921. The largest absolute Gasteiger partial charge is 0.497 e. The van der Waals surface area contributed by atoms with Gasteiger partial charge in [-0.15, -0.1) is 0 Å². The highest BCUT2D eigenvalue weighted by Gasteiger charge is 2.23. The van der Waals surface area contributed by atoms with E-state index in [0.29, 0.717) is 11.5 Å². The second kappa shape index (κ2) is 9.59. The van der Waals surface area contributed by atoms with E-state index in [1.807, 2.05) is 48.5 Å². The highest BCUT2D eigenvalue weighted by Crippen LogP contribution is 2.24. The SMILES string of the molecule is COc1ccc(C(CC(=O)NC(c2ccccc2)c2ccco2)NC(C)=O)cc1. The number of carbonyl (C=O) groups is 2. The summed E-state index contributed by atoms with van der Waals surface area (Å²) < 4.78 is 10.7. The van der Waals surface area contributed by atoms with Gasteiger partial charge in [0.05, 0.1) is 25.8 Å². The van der Waals surface area contributed by atoms with Crippen LogP contribution in [0.3, 0.4) is 0 Å². The number of carbonyl (C=O) groups excluding carboxylic acids is 2. The lowest BCUT2D eigenvalue weighted by molar-refractivity contribution is -0.123. The fourth-order valence-corrected chi connectivity index (χ4v) is 3.16. The maximum Gasteiger partial charge on any atom is 0.223 e. The first-order chi connectivity index (χ1) is 14.1. The third kappa shape index (κ3) is 5.48. The standard InChI is InChI=1S/C23H24N2O4/c1-16(26)24-20(17-10-12-19(28-2)13-11-17)15-22(27)25-23(21-9-6-14-29-21)18-7-4-3-5-8-18/h3-14,20,23H,15H2,1-2H3,(H,24,26)(H,25,27). The van der Waals surface area contributed by atoms with Gasteiger partial charge >= 0.3 is 0 Å². The molecule has 3 rings (SSSR count). The third-order valence-electron chi connectivity index (χ3n) is 4.55. The number of benzene rings is 2. The number of rotatable bonds is 8. The van der Waals surface area contributed by atoms with Gasteiger partial charge in [-0.3, -0.25) is 9.59 Å². The number of furan rings is 1. The molecule has 2 N–H and O–H groups in total. The van der Waals surface area contributed by atoms with Gasteiger partial charge < -0.3 is 19.8 Å². The molecule has 0 saturated carbocycles. The number of hydrogen-bond donors (Lipinski definition) is 2. The molecule has 0 aliphatic carbocycles. The van der Waals surface area contributed by atoms with E-state index in [4.69, 9.17) is 9.15 Å². The fourth-order valence-electron chi connectivity index (χ4n) is 3.16. The molecule has 6 heteroatoms. The Morgan fingerprint density at radius 3 is 2.24 bits per heavy atom. The predicted molar refractivity (Wildman–Crippen MR) is 109 cm³/mol. The molecule has 0 radical (unpaired) electrons. The summed E-state index contributed by atoms with van der Waals surface area (Å²) in [6.45, 7) is 1.43. The molecule has 0 spiro atoms. The molecule has 0 aliphatic heterocycles. The lowest BCUT2D eigenvalue weighted by Crippen LogP contribution is -2.34. The molecule has 2 unspecified atom stereocenters. The van der Waals surface area contributed by atoms with Crippen LogP contribution in [0.15, 0.2) is 77.4 Å². The Kier molecular flexibility index (Phi) is 6.68. The van der Waals surface area contributed by atoms with Crippen LogP contribution >= 0.6 is 0 Å². The molecule has 0 bridgehead atoms. The van der Waals surface area contributed by atoms with E-state index in [9.17, 15) is 9.59 Å². The molecule has 0 aliphatic rings. The van der Waals surface area contributed by atoms with E-state index in [2.05, 4.69) is 10.6 Å². The van der Waals surface area contributed by atoms with Crippen LogP contribution in [0.5, 0.6) is 5.75 Å². The highest BCUT2D eigenvalue weighted by molar-refractivity contribution is 5.79. The molecular formula is C23H24N2O4. The van der Waals surface area contributed by atoms with Crippen LogP contribution in [0, 0.1) is 0 Å². The molecule has 6 nitrogen and oxygen atoms in total. The Balaban J connectivity index is 1.77. The van der Waals surface area contributed by atoms with Crippen LogP contribution < -0.4 is 15.4 Å². The zero-order valence-electron chi connectivity index (χ0n) is 16.4. The Labute approximate surface area is 169 Å². The van der Waals surface area contributed by atoms with Crippen LogP contribution in [0.2, 0.25) is 0 Å². The molecule has 1 heterocycles. The molecule has 0 saturated heterocycles. The Hall–Kier alpha value is -3.54. The maximum absolute atomic E-state index is 12.9. The van der Waals surface area contributed by atoms with Crippen molar-refractivity contribution in [2.24, 2.45) is 0 Å². The molecule has 2 amide bonds. The average Bonchev–Trinajstić information content (AvgIpc) is 3.26. The number of ether oxygens (including phenoxy) is 1. The first kappa shape index (κ1) is 20.2. The van der Waals surface area contributed by atoms with Gasteiger partial charge in [0.15, 0.2) is 0 Å². The highest BCUT2D eigenvalue weighted by atomic mass is 16.5. The summed E-state index contributed by atoms with van der Waals surface area (Å²) in [5.41, 5.74) is 1.74. The summed E-state index contributed by atoms with van der Waals surface area (Å²) >= 11 is 0. The lowest BCUT2D eigenvalue weighted by Gasteiger charge is -2.21. The molecule has 2 atom stereocenters. The number of nitrogens with one attached hydrogen (secondary N) is 2. The number of amides is 2. The predicted octanol–water partition coefficient (Wildman–Crippen LogP) is 3.76. The van der Waals surface area contributed by atoms with E-state index in [1.54, 1.807) is 31.6 Å². The first-order valence-electron chi connectivity index (χ1n) is 9.35. The summed E-state index contributed by atoms with van der Waals surface area (Å²) in [5, 5.41) is 5.87. The van der Waals surface area contributed by atoms with Gasteiger partial charge in [-0.05, 0) is 35.4 Å². The summed E-state index contributed by atoms with van der Waals surface area (Å²) in [6, 6.07) is 19.6. The quantitative estimate of drug-likeness (QED) is 0.612. The van der Waals surface area contributed by atoms with Crippen molar-refractivity contribution in [2.45, 2.75) is 25.4 Å². The van der Waals surface area contributed by atoms with E-state index in [1.165, 1.54) is 6.92 Å². The second-order valence-corrected chi connectivity index (χ2v) is 6.66. The van der Waals surface area contributed by atoms with Crippen molar-refractivity contribution < 1.29 is 18.7 Å².